The third-order valence-electron chi connectivity index (χ3n) is 3.18. The number of amides is 1. The average Bonchev–Trinajstić information content (AvgIpc) is 2.39. The summed E-state index contributed by atoms with van der Waals surface area (Å²) in [7, 11) is 0. The van der Waals surface area contributed by atoms with Crippen LogP contribution in [0, 0.1) is 0 Å². The maximum atomic E-state index is 11.1. The van der Waals surface area contributed by atoms with Gasteiger partial charge in [-0.05, 0) is 25.6 Å². The van der Waals surface area contributed by atoms with Crippen molar-refractivity contribution in [2.75, 3.05) is 19.3 Å². The number of carbonyl (C=O) groups excluding carboxylic acids is 1. The van der Waals surface area contributed by atoms with Gasteiger partial charge in [0.05, 0.1) is 0 Å². The number of nitrogens with one attached hydrogen (secondary N) is 1. The fraction of sp³-hybridized carbons (Fsp3) is 0.615. The third kappa shape index (κ3) is 4.47. The van der Waals surface area contributed by atoms with Gasteiger partial charge in [0.2, 0.25) is 5.91 Å². The Hall–Kier alpha value is -1.14. The van der Waals surface area contributed by atoms with E-state index in [-0.39, 0.29) is 11.9 Å². The van der Waals surface area contributed by atoms with Crippen LogP contribution in [0.15, 0.2) is 17.6 Å². The van der Waals surface area contributed by atoms with Gasteiger partial charge >= 0.3 is 0 Å². The first-order valence-corrected chi connectivity index (χ1v) is 7.74. The number of aromatic nitrogens is 2. The number of rotatable bonds is 4. The molecule has 1 aromatic heterocycles. The Morgan fingerprint density at radius 1 is 1.53 bits per heavy atom. The molecule has 1 fully saturated rings. The molecule has 2 heterocycles. The molecule has 19 heavy (non-hydrogen) atoms. The molecule has 1 saturated heterocycles. The van der Waals surface area contributed by atoms with E-state index in [4.69, 9.17) is 0 Å². The zero-order valence-electron chi connectivity index (χ0n) is 11.4. The lowest BCUT2D eigenvalue weighted by atomic mass is 10.1. The van der Waals surface area contributed by atoms with Gasteiger partial charge in [0.1, 0.15) is 0 Å². The highest BCUT2D eigenvalue weighted by atomic mass is 32.2. The summed E-state index contributed by atoms with van der Waals surface area (Å²) in [6.45, 7) is 4.41. The normalized spacial score (nSPS) is 20.2. The minimum absolute atomic E-state index is 0.0551. The van der Waals surface area contributed by atoms with Crippen LogP contribution in [0.5, 0.6) is 0 Å². The van der Waals surface area contributed by atoms with Crippen LogP contribution in [0.2, 0.25) is 0 Å². The van der Waals surface area contributed by atoms with E-state index < -0.39 is 0 Å². The Balaban J connectivity index is 1.88. The maximum absolute atomic E-state index is 11.1. The maximum Gasteiger partial charge on any atom is 0.217 e. The summed E-state index contributed by atoms with van der Waals surface area (Å²) in [6.07, 6.45) is 7.94. The van der Waals surface area contributed by atoms with E-state index in [1.807, 2.05) is 18.6 Å². The Kier molecular flexibility index (Phi) is 5.15. The molecule has 0 spiro atoms. The Bertz CT molecular complexity index is 423. The largest absolute Gasteiger partial charge is 0.352 e. The molecule has 1 aromatic rings. The number of hydrogen-bond acceptors (Lipinski definition) is 5. The average molecular weight is 280 g/mol. The van der Waals surface area contributed by atoms with Crippen molar-refractivity contribution in [1.29, 1.82) is 0 Å². The molecular formula is C13H20N4OS. The molecule has 0 aliphatic carbocycles. The van der Waals surface area contributed by atoms with Crippen molar-refractivity contribution in [3.05, 3.63) is 18.0 Å². The topological polar surface area (TPSA) is 58.1 Å². The molecule has 5 nitrogen and oxygen atoms in total. The van der Waals surface area contributed by atoms with Crippen molar-refractivity contribution in [2.24, 2.45) is 0 Å². The fourth-order valence-corrected chi connectivity index (χ4v) is 2.71. The van der Waals surface area contributed by atoms with Gasteiger partial charge in [-0.15, -0.1) is 0 Å². The van der Waals surface area contributed by atoms with Crippen LogP contribution in [-0.2, 0) is 11.3 Å². The Morgan fingerprint density at radius 3 is 2.89 bits per heavy atom. The third-order valence-corrected chi connectivity index (χ3v) is 3.76. The van der Waals surface area contributed by atoms with Crippen LogP contribution in [-0.4, -0.2) is 46.2 Å². The molecule has 0 radical (unpaired) electrons. The molecule has 2 rings (SSSR count). The molecule has 6 heteroatoms. The molecule has 1 N–H and O–H groups in total. The van der Waals surface area contributed by atoms with Crippen molar-refractivity contribution in [3.63, 3.8) is 0 Å². The van der Waals surface area contributed by atoms with Crippen LogP contribution in [0.1, 0.15) is 25.3 Å². The second kappa shape index (κ2) is 6.86. The summed E-state index contributed by atoms with van der Waals surface area (Å²) in [6, 6.07) is 0.276. The van der Waals surface area contributed by atoms with Crippen molar-refractivity contribution in [1.82, 2.24) is 20.2 Å². The van der Waals surface area contributed by atoms with E-state index in [0.29, 0.717) is 0 Å². The number of hydrogen-bond donors (Lipinski definition) is 1. The van der Waals surface area contributed by atoms with Crippen LogP contribution in [0.25, 0.3) is 0 Å². The minimum atomic E-state index is 0.0551. The van der Waals surface area contributed by atoms with Gasteiger partial charge in [0, 0.05) is 44.0 Å². The summed E-state index contributed by atoms with van der Waals surface area (Å²) in [4.78, 5) is 22.0. The van der Waals surface area contributed by atoms with Crippen LogP contribution < -0.4 is 5.32 Å². The second-order valence-electron chi connectivity index (χ2n) is 4.85. The monoisotopic (exact) mass is 280 g/mol. The van der Waals surface area contributed by atoms with Crippen molar-refractivity contribution in [3.8, 4) is 0 Å². The van der Waals surface area contributed by atoms with Gasteiger partial charge in [-0.25, -0.2) is 9.97 Å². The van der Waals surface area contributed by atoms with Crippen molar-refractivity contribution in [2.45, 2.75) is 37.5 Å². The second-order valence-corrected chi connectivity index (χ2v) is 5.63. The molecule has 0 saturated carbocycles. The Morgan fingerprint density at radius 2 is 2.26 bits per heavy atom. The minimum Gasteiger partial charge on any atom is -0.352 e. The van der Waals surface area contributed by atoms with E-state index >= 15 is 0 Å². The van der Waals surface area contributed by atoms with E-state index in [2.05, 4.69) is 20.2 Å². The zero-order chi connectivity index (χ0) is 13.7. The first kappa shape index (κ1) is 14.3. The Labute approximate surface area is 118 Å². The van der Waals surface area contributed by atoms with Gasteiger partial charge in [-0.2, -0.15) is 0 Å². The molecular weight excluding hydrogens is 260 g/mol. The van der Waals surface area contributed by atoms with Crippen molar-refractivity contribution >= 4 is 17.7 Å². The number of piperidine rings is 1. The van der Waals surface area contributed by atoms with Crippen LogP contribution in [0.3, 0.4) is 0 Å². The van der Waals surface area contributed by atoms with Gasteiger partial charge in [0.15, 0.2) is 5.16 Å². The molecule has 104 valence electrons. The van der Waals surface area contributed by atoms with Crippen LogP contribution in [0.4, 0.5) is 0 Å². The van der Waals surface area contributed by atoms with Gasteiger partial charge in [0.25, 0.3) is 0 Å². The molecule has 0 bridgehead atoms. The van der Waals surface area contributed by atoms with Crippen LogP contribution >= 0.6 is 11.8 Å². The van der Waals surface area contributed by atoms with Crippen molar-refractivity contribution < 1.29 is 4.79 Å². The molecule has 0 aromatic carbocycles. The predicted molar refractivity (Wildman–Crippen MR) is 75.9 cm³/mol. The molecule has 1 atom stereocenters. The lowest BCUT2D eigenvalue weighted by Gasteiger charge is -2.32. The predicted octanol–water partition coefficient (Wildman–Crippen LogP) is 1.30. The lowest BCUT2D eigenvalue weighted by Crippen LogP contribution is -2.46. The molecule has 1 aliphatic heterocycles. The summed E-state index contributed by atoms with van der Waals surface area (Å²) < 4.78 is 0. The number of carbonyl (C=O) groups is 1. The summed E-state index contributed by atoms with van der Waals surface area (Å²) in [5.74, 6) is 0.0551. The summed E-state index contributed by atoms with van der Waals surface area (Å²) >= 11 is 1.55. The van der Waals surface area contributed by atoms with Gasteiger partial charge in [-0.3, -0.25) is 9.69 Å². The standard InChI is InChI=1S/C13H20N4OS/c1-10(18)16-12-4-3-5-17(9-12)8-11-6-14-13(19-2)15-7-11/h6-7,12H,3-5,8-9H2,1-2H3,(H,16,18)/t12-/m0/s1. The number of thioether (sulfide) groups is 1. The SMILES string of the molecule is CSc1ncc(CN2CCC[C@H](NC(C)=O)C2)cn1. The summed E-state index contributed by atoms with van der Waals surface area (Å²) in [5.41, 5.74) is 1.13. The van der Waals surface area contributed by atoms with E-state index in [0.717, 1.165) is 43.2 Å². The zero-order valence-corrected chi connectivity index (χ0v) is 12.2. The fourth-order valence-electron chi connectivity index (χ4n) is 2.39. The quantitative estimate of drug-likeness (QED) is 0.665. The molecule has 1 amide bonds. The first-order chi connectivity index (χ1) is 9.17. The van der Waals surface area contributed by atoms with E-state index in [1.54, 1.807) is 18.7 Å². The van der Waals surface area contributed by atoms with E-state index in [9.17, 15) is 4.79 Å². The first-order valence-electron chi connectivity index (χ1n) is 6.51. The highest BCUT2D eigenvalue weighted by Crippen LogP contribution is 2.14. The number of nitrogens with zero attached hydrogens (tertiary/aromatic N) is 3. The molecule has 0 unspecified atom stereocenters. The summed E-state index contributed by atoms with van der Waals surface area (Å²) in [5, 5.41) is 3.80. The number of likely N-dealkylation sites (tertiary alicyclic amines) is 1. The highest BCUT2D eigenvalue weighted by Gasteiger charge is 2.20. The van der Waals surface area contributed by atoms with Gasteiger partial charge < -0.3 is 5.32 Å². The smallest absolute Gasteiger partial charge is 0.217 e. The van der Waals surface area contributed by atoms with Gasteiger partial charge in [-0.1, -0.05) is 11.8 Å². The molecule has 1 aliphatic rings. The highest BCUT2D eigenvalue weighted by molar-refractivity contribution is 7.98. The lowest BCUT2D eigenvalue weighted by molar-refractivity contribution is -0.120. The van der Waals surface area contributed by atoms with E-state index in [1.165, 1.54) is 0 Å².